The van der Waals surface area contributed by atoms with Gasteiger partial charge in [0.2, 0.25) is 11.9 Å². The van der Waals surface area contributed by atoms with Crippen LogP contribution in [-0.4, -0.2) is 27.2 Å². The Morgan fingerprint density at radius 1 is 0.963 bits per heavy atom. The van der Waals surface area contributed by atoms with Crippen LogP contribution >= 0.6 is 0 Å². The van der Waals surface area contributed by atoms with E-state index < -0.39 is 0 Å². The van der Waals surface area contributed by atoms with Gasteiger partial charge >= 0.3 is 0 Å². The van der Waals surface area contributed by atoms with Crippen LogP contribution in [0.3, 0.4) is 0 Å². The van der Waals surface area contributed by atoms with E-state index in [0.717, 1.165) is 24.6 Å². The summed E-state index contributed by atoms with van der Waals surface area (Å²) in [7, 11) is 1.86. The fourth-order valence-electron chi connectivity index (χ4n) is 2.97. The molecule has 0 saturated carbocycles. The largest absolute Gasteiger partial charge is 0.337 e. The van der Waals surface area contributed by atoms with Gasteiger partial charge in [0.05, 0.1) is 6.54 Å². The second-order valence-electron chi connectivity index (χ2n) is 6.43. The van der Waals surface area contributed by atoms with Gasteiger partial charge in [0.15, 0.2) is 0 Å². The van der Waals surface area contributed by atoms with Crippen LogP contribution in [0.5, 0.6) is 0 Å². The van der Waals surface area contributed by atoms with Crippen molar-refractivity contribution in [3.63, 3.8) is 0 Å². The van der Waals surface area contributed by atoms with Gasteiger partial charge < -0.3 is 4.90 Å². The molecule has 1 aromatic heterocycles. The zero-order valence-corrected chi connectivity index (χ0v) is 16.0. The molecule has 0 saturated heterocycles. The maximum Gasteiger partial charge on any atom is 0.253 e. The minimum atomic E-state index is -0.0814. The number of anilines is 2. The van der Waals surface area contributed by atoms with E-state index in [4.69, 9.17) is 0 Å². The second kappa shape index (κ2) is 8.49. The van der Waals surface area contributed by atoms with Crippen molar-refractivity contribution in [2.45, 2.75) is 26.9 Å². The van der Waals surface area contributed by atoms with Crippen LogP contribution in [0, 0.1) is 0 Å². The van der Waals surface area contributed by atoms with E-state index in [1.807, 2.05) is 55.6 Å². The van der Waals surface area contributed by atoms with Crippen molar-refractivity contribution in [1.82, 2.24) is 14.8 Å². The summed E-state index contributed by atoms with van der Waals surface area (Å²) in [6.45, 7) is 5.61. The van der Waals surface area contributed by atoms with Crippen LogP contribution in [0.25, 0.3) is 0 Å². The zero-order valence-electron chi connectivity index (χ0n) is 16.0. The number of carbonyl (C=O) groups is 1. The molecule has 0 N–H and O–H groups in total. The number of carbonyl (C=O) groups excluding carboxylic acids is 1. The minimum Gasteiger partial charge on any atom is -0.337 e. The first-order valence-corrected chi connectivity index (χ1v) is 9.10. The van der Waals surface area contributed by atoms with Crippen molar-refractivity contribution in [3.05, 3.63) is 71.8 Å². The predicted molar refractivity (Wildman–Crippen MR) is 107 cm³/mol. The summed E-state index contributed by atoms with van der Waals surface area (Å²) in [5.41, 5.74) is 2.25. The molecule has 0 bridgehead atoms. The van der Waals surface area contributed by atoms with Crippen LogP contribution in [0.15, 0.2) is 60.7 Å². The third-order valence-corrected chi connectivity index (χ3v) is 4.41. The maximum absolute atomic E-state index is 12.2. The Hall–Kier alpha value is -3.15. The van der Waals surface area contributed by atoms with Crippen LogP contribution in [0.4, 0.5) is 11.9 Å². The molecule has 1 amide bonds. The molecule has 0 spiro atoms. The van der Waals surface area contributed by atoms with Gasteiger partial charge in [0.1, 0.15) is 0 Å². The van der Waals surface area contributed by atoms with Gasteiger partial charge in [-0.3, -0.25) is 9.69 Å². The van der Waals surface area contributed by atoms with Gasteiger partial charge in [-0.25, -0.2) is 4.68 Å². The van der Waals surface area contributed by atoms with Crippen molar-refractivity contribution in [2.75, 3.05) is 16.3 Å². The van der Waals surface area contributed by atoms with E-state index >= 15 is 0 Å². The molecule has 27 heavy (non-hydrogen) atoms. The quantitative estimate of drug-likeness (QED) is 0.646. The summed E-state index contributed by atoms with van der Waals surface area (Å²) in [6, 6.07) is 20.1. The number of benzene rings is 2. The van der Waals surface area contributed by atoms with E-state index in [-0.39, 0.29) is 5.91 Å². The van der Waals surface area contributed by atoms with Gasteiger partial charge in [-0.05, 0) is 18.1 Å². The summed E-state index contributed by atoms with van der Waals surface area (Å²) in [5, 5.41) is 4.51. The fourth-order valence-corrected chi connectivity index (χ4v) is 2.97. The first-order valence-electron chi connectivity index (χ1n) is 9.10. The number of aryl methyl sites for hydroxylation is 1. The highest BCUT2D eigenvalue weighted by Gasteiger charge is 2.21. The Labute approximate surface area is 160 Å². The van der Waals surface area contributed by atoms with Crippen molar-refractivity contribution in [2.24, 2.45) is 7.05 Å². The van der Waals surface area contributed by atoms with Crippen LogP contribution < -0.4 is 9.80 Å². The van der Waals surface area contributed by atoms with Crippen molar-refractivity contribution < 1.29 is 4.79 Å². The summed E-state index contributed by atoms with van der Waals surface area (Å²) in [6.07, 6.45) is 0. The smallest absolute Gasteiger partial charge is 0.253 e. The molecule has 2 aromatic carbocycles. The van der Waals surface area contributed by atoms with E-state index in [1.54, 1.807) is 16.5 Å². The molecule has 0 fully saturated rings. The molecular weight excluding hydrogens is 338 g/mol. The Bertz CT molecular complexity index is 876. The second-order valence-corrected chi connectivity index (χ2v) is 6.43. The lowest BCUT2D eigenvalue weighted by Crippen LogP contribution is -2.29. The molecule has 140 valence electrons. The number of aromatic nitrogens is 3. The van der Waals surface area contributed by atoms with E-state index in [2.05, 4.69) is 34.0 Å². The lowest BCUT2D eigenvalue weighted by molar-refractivity contribution is -0.116. The monoisotopic (exact) mass is 363 g/mol. The predicted octanol–water partition coefficient (Wildman–Crippen LogP) is 3.39. The zero-order chi connectivity index (χ0) is 19.2. The molecule has 6 heteroatoms. The Balaban J connectivity index is 1.85. The van der Waals surface area contributed by atoms with Crippen molar-refractivity contribution >= 4 is 17.8 Å². The normalized spacial score (nSPS) is 10.6. The SMILES string of the molecule is CCN(Cc1ccccc1)c1nc(N(Cc2ccccc2)C(C)=O)nn1C. The molecule has 1 heterocycles. The maximum atomic E-state index is 12.2. The highest BCUT2D eigenvalue weighted by molar-refractivity contribution is 5.89. The number of rotatable bonds is 7. The third kappa shape index (κ3) is 4.53. The van der Waals surface area contributed by atoms with Gasteiger partial charge in [-0.15, -0.1) is 5.10 Å². The Kier molecular flexibility index (Phi) is 5.86. The molecule has 0 unspecified atom stereocenters. The highest BCUT2D eigenvalue weighted by atomic mass is 16.2. The van der Waals surface area contributed by atoms with E-state index in [0.29, 0.717) is 12.5 Å². The van der Waals surface area contributed by atoms with Crippen LogP contribution in [0.2, 0.25) is 0 Å². The number of nitrogens with zero attached hydrogens (tertiary/aromatic N) is 5. The molecule has 0 aliphatic heterocycles. The fraction of sp³-hybridized carbons (Fsp3) is 0.286. The molecule has 0 radical (unpaired) electrons. The van der Waals surface area contributed by atoms with E-state index in [1.165, 1.54) is 5.56 Å². The first kappa shape index (κ1) is 18.6. The molecule has 6 nitrogen and oxygen atoms in total. The number of hydrogen-bond donors (Lipinski definition) is 0. The lowest BCUT2D eigenvalue weighted by atomic mass is 10.2. The van der Waals surface area contributed by atoms with Crippen molar-refractivity contribution in [1.29, 1.82) is 0 Å². The van der Waals surface area contributed by atoms with Crippen LogP contribution in [-0.2, 0) is 24.9 Å². The average Bonchev–Trinajstić information content (AvgIpc) is 3.06. The standard InChI is InChI=1S/C21H25N5O/c1-4-25(15-18-11-7-5-8-12-18)21-22-20(23-24(21)3)26(17(2)27)16-19-13-9-6-10-14-19/h5-14H,4,15-16H2,1-3H3. The molecule has 3 aromatic rings. The molecule has 0 aliphatic rings. The lowest BCUT2D eigenvalue weighted by Gasteiger charge is -2.21. The minimum absolute atomic E-state index is 0.0814. The van der Waals surface area contributed by atoms with Gasteiger partial charge in [0, 0.05) is 27.1 Å². The summed E-state index contributed by atoms with van der Waals surface area (Å²) < 4.78 is 1.74. The summed E-state index contributed by atoms with van der Waals surface area (Å²) in [4.78, 5) is 20.7. The Morgan fingerprint density at radius 2 is 1.52 bits per heavy atom. The number of hydrogen-bond acceptors (Lipinski definition) is 4. The Morgan fingerprint density at radius 3 is 2.04 bits per heavy atom. The molecule has 3 rings (SSSR count). The van der Waals surface area contributed by atoms with Crippen molar-refractivity contribution in [3.8, 4) is 0 Å². The average molecular weight is 363 g/mol. The first-order chi connectivity index (χ1) is 13.1. The van der Waals surface area contributed by atoms with Gasteiger partial charge in [-0.1, -0.05) is 60.7 Å². The number of amides is 1. The summed E-state index contributed by atoms with van der Waals surface area (Å²) >= 11 is 0. The highest BCUT2D eigenvalue weighted by Crippen LogP contribution is 2.20. The van der Waals surface area contributed by atoms with Gasteiger partial charge in [0.25, 0.3) is 5.95 Å². The van der Waals surface area contributed by atoms with E-state index in [9.17, 15) is 4.79 Å². The van der Waals surface area contributed by atoms with Crippen LogP contribution in [0.1, 0.15) is 25.0 Å². The third-order valence-electron chi connectivity index (χ3n) is 4.41. The molecular formula is C21H25N5O. The summed E-state index contributed by atoms with van der Waals surface area (Å²) in [5.74, 6) is 1.09. The molecule has 0 atom stereocenters. The molecule has 0 aliphatic carbocycles. The van der Waals surface area contributed by atoms with Gasteiger partial charge in [-0.2, -0.15) is 4.98 Å². The topological polar surface area (TPSA) is 54.3 Å².